The zero-order chi connectivity index (χ0) is 17.4. The van der Waals surface area contributed by atoms with Gasteiger partial charge in [-0.15, -0.1) is 0 Å². The first-order valence-electron chi connectivity index (χ1n) is 7.71. The summed E-state index contributed by atoms with van der Waals surface area (Å²) in [5, 5.41) is 2.87. The maximum absolute atomic E-state index is 12.3. The van der Waals surface area contributed by atoms with Gasteiger partial charge in [0, 0.05) is 5.56 Å². The maximum atomic E-state index is 12.3. The van der Waals surface area contributed by atoms with Crippen LogP contribution < -0.4 is 5.32 Å². The van der Waals surface area contributed by atoms with E-state index in [2.05, 4.69) is 5.32 Å². The molecule has 5 heteroatoms. The van der Waals surface area contributed by atoms with Crippen LogP contribution >= 0.6 is 0 Å². The Labute approximate surface area is 140 Å². The summed E-state index contributed by atoms with van der Waals surface area (Å²) in [4.78, 5) is 36.3. The number of ketones is 2. The molecule has 0 aliphatic carbocycles. The second kappa shape index (κ2) is 8.74. The number of hydrogen-bond acceptors (Lipinski definition) is 5. The molecular weight excluding hydrogens is 306 g/mol. The first-order valence-corrected chi connectivity index (χ1v) is 7.71. The molecule has 1 N–H and O–H groups in total. The number of carbonyl (C=O) groups excluding carboxylic acids is 3. The lowest BCUT2D eigenvalue weighted by Crippen LogP contribution is -2.37. The summed E-state index contributed by atoms with van der Waals surface area (Å²) in [5.74, 6) is -1.79. The summed E-state index contributed by atoms with van der Waals surface area (Å²) in [6.07, 6.45) is 0. The molecule has 0 aliphatic rings. The molecule has 2 aromatic rings. The maximum Gasteiger partial charge on any atom is 0.376 e. The van der Waals surface area contributed by atoms with E-state index in [1.807, 2.05) is 12.1 Å². The Hall–Kier alpha value is -2.79. The van der Waals surface area contributed by atoms with Gasteiger partial charge < -0.3 is 4.74 Å². The van der Waals surface area contributed by atoms with Crippen molar-refractivity contribution in [3.8, 4) is 0 Å². The molecule has 1 unspecified atom stereocenters. The van der Waals surface area contributed by atoms with Gasteiger partial charge in [0.05, 0.1) is 13.2 Å². The molecule has 0 saturated carbocycles. The van der Waals surface area contributed by atoms with Gasteiger partial charge in [-0.3, -0.25) is 14.9 Å². The SMILES string of the molecule is CCOC(=O)C(=O)C(NCC(=O)c1ccccc1)c1ccccc1. The number of Topliss-reactive ketones (excluding diaryl/α,β-unsaturated/α-hetero) is 2. The monoisotopic (exact) mass is 325 g/mol. The smallest absolute Gasteiger partial charge is 0.376 e. The Kier molecular flexibility index (Phi) is 6.40. The van der Waals surface area contributed by atoms with Crippen molar-refractivity contribution >= 4 is 17.5 Å². The minimum atomic E-state index is -0.919. The average Bonchev–Trinajstić information content (AvgIpc) is 2.63. The molecule has 2 aromatic carbocycles. The summed E-state index contributed by atoms with van der Waals surface area (Å²) in [6, 6.07) is 16.6. The lowest BCUT2D eigenvalue weighted by Gasteiger charge is -2.17. The fraction of sp³-hybridized carbons (Fsp3) is 0.211. The first-order chi connectivity index (χ1) is 11.6. The minimum absolute atomic E-state index is 0.0608. The molecule has 0 amide bonds. The third-order valence-electron chi connectivity index (χ3n) is 3.43. The summed E-state index contributed by atoms with van der Waals surface area (Å²) in [7, 11) is 0. The first kappa shape index (κ1) is 17.6. The second-order valence-electron chi connectivity index (χ2n) is 5.10. The Morgan fingerprint density at radius 1 is 0.958 bits per heavy atom. The fourth-order valence-electron chi connectivity index (χ4n) is 2.25. The van der Waals surface area contributed by atoms with Crippen LogP contribution in [-0.2, 0) is 14.3 Å². The van der Waals surface area contributed by atoms with Gasteiger partial charge >= 0.3 is 5.97 Å². The molecule has 0 spiro atoms. The molecule has 2 rings (SSSR count). The van der Waals surface area contributed by atoms with E-state index >= 15 is 0 Å². The van der Waals surface area contributed by atoms with Crippen LogP contribution in [0.15, 0.2) is 60.7 Å². The van der Waals surface area contributed by atoms with Crippen molar-refractivity contribution in [1.82, 2.24) is 5.32 Å². The minimum Gasteiger partial charge on any atom is -0.460 e. The summed E-state index contributed by atoms with van der Waals surface area (Å²) < 4.78 is 4.78. The van der Waals surface area contributed by atoms with Crippen LogP contribution in [0.5, 0.6) is 0 Å². The average molecular weight is 325 g/mol. The molecule has 124 valence electrons. The topological polar surface area (TPSA) is 72.5 Å². The number of hydrogen-bond donors (Lipinski definition) is 1. The Balaban J connectivity index is 2.13. The van der Waals surface area contributed by atoms with Crippen LogP contribution in [0.3, 0.4) is 0 Å². The van der Waals surface area contributed by atoms with Gasteiger partial charge in [0.25, 0.3) is 5.78 Å². The van der Waals surface area contributed by atoms with E-state index in [0.29, 0.717) is 11.1 Å². The highest BCUT2D eigenvalue weighted by molar-refractivity contribution is 6.35. The van der Waals surface area contributed by atoms with Gasteiger partial charge in [0.1, 0.15) is 6.04 Å². The Bertz CT molecular complexity index is 698. The van der Waals surface area contributed by atoms with E-state index < -0.39 is 17.8 Å². The van der Waals surface area contributed by atoms with Gasteiger partial charge in [-0.05, 0) is 12.5 Å². The third-order valence-corrected chi connectivity index (χ3v) is 3.43. The number of benzene rings is 2. The van der Waals surface area contributed by atoms with Crippen molar-refractivity contribution < 1.29 is 19.1 Å². The van der Waals surface area contributed by atoms with Crippen LogP contribution in [0.25, 0.3) is 0 Å². The van der Waals surface area contributed by atoms with Gasteiger partial charge in [-0.2, -0.15) is 0 Å². The normalized spacial score (nSPS) is 11.5. The molecule has 0 heterocycles. The zero-order valence-electron chi connectivity index (χ0n) is 13.4. The predicted molar refractivity (Wildman–Crippen MR) is 89.6 cm³/mol. The van der Waals surface area contributed by atoms with Crippen molar-refractivity contribution in [2.75, 3.05) is 13.2 Å². The van der Waals surface area contributed by atoms with Crippen molar-refractivity contribution in [3.63, 3.8) is 0 Å². The molecule has 0 fully saturated rings. The molecule has 0 radical (unpaired) electrons. The van der Waals surface area contributed by atoms with E-state index in [1.165, 1.54) is 0 Å². The number of carbonyl (C=O) groups is 3. The Morgan fingerprint density at radius 3 is 2.12 bits per heavy atom. The molecule has 0 bridgehead atoms. The standard InChI is InChI=1S/C19H19NO4/c1-2-24-19(23)18(22)17(15-11-7-4-8-12-15)20-13-16(21)14-9-5-3-6-10-14/h3-12,17,20H,2,13H2,1H3. The third kappa shape index (κ3) is 4.60. The van der Waals surface area contributed by atoms with Crippen LogP contribution in [-0.4, -0.2) is 30.7 Å². The van der Waals surface area contributed by atoms with E-state index in [4.69, 9.17) is 4.74 Å². The van der Waals surface area contributed by atoms with Gasteiger partial charge in [0.15, 0.2) is 5.78 Å². The molecule has 1 atom stereocenters. The number of ether oxygens (including phenoxy) is 1. The Morgan fingerprint density at radius 2 is 1.54 bits per heavy atom. The highest BCUT2D eigenvalue weighted by atomic mass is 16.5. The largest absolute Gasteiger partial charge is 0.460 e. The quantitative estimate of drug-likeness (QED) is 0.458. The highest BCUT2D eigenvalue weighted by Crippen LogP contribution is 2.15. The molecular formula is C19H19NO4. The molecule has 0 aromatic heterocycles. The van der Waals surface area contributed by atoms with Crippen LogP contribution in [0, 0.1) is 0 Å². The number of nitrogens with one attached hydrogen (secondary N) is 1. The van der Waals surface area contributed by atoms with Crippen molar-refractivity contribution in [3.05, 3.63) is 71.8 Å². The lowest BCUT2D eigenvalue weighted by atomic mass is 10.0. The summed E-state index contributed by atoms with van der Waals surface area (Å²) >= 11 is 0. The van der Waals surface area contributed by atoms with E-state index in [0.717, 1.165) is 0 Å². The summed E-state index contributed by atoms with van der Waals surface area (Å²) in [6.45, 7) is 1.69. The molecule has 0 aliphatic heterocycles. The molecule has 0 saturated heterocycles. The molecule has 5 nitrogen and oxygen atoms in total. The van der Waals surface area contributed by atoms with E-state index in [-0.39, 0.29) is 18.9 Å². The highest BCUT2D eigenvalue weighted by Gasteiger charge is 2.28. The van der Waals surface area contributed by atoms with E-state index in [1.54, 1.807) is 55.5 Å². The summed E-state index contributed by atoms with van der Waals surface area (Å²) in [5.41, 5.74) is 1.15. The van der Waals surface area contributed by atoms with E-state index in [9.17, 15) is 14.4 Å². The van der Waals surface area contributed by atoms with Crippen LogP contribution in [0.4, 0.5) is 0 Å². The van der Waals surface area contributed by atoms with Crippen molar-refractivity contribution in [2.24, 2.45) is 0 Å². The second-order valence-corrected chi connectivity index (χ2v) is 5.10. The predicted octanol–water partition coefficient (Wildman–Crippen LogP) is 2.33. The lowest BCUT2D eigenvalue weighted by molar-refractivity contribution is -0.154. The van der Waals surface area contributed by atoms with Crippen molar-refractivity contribution in [1.29, 1.82) is 0 Å². The number of rotatable bonds is 8. The number of esters is 1. The zero-order valence-corrected chi connectivity index (χ0v) is 13.4. The van der Waals surface area contributed by atoms with Gasteiger partial charge in [0.2, 0.25) is 0 Å². The fourth-order valence-corrected chi connectivity index (χ4v) is 2.25. The van der Waals surface area contributed by atoms with Crippen LogP contribution in [0.1, 0.15) is 28.9 Å². The van der Waals surface area contributed by atoms with Crippen molar-refractivity contribution in [2.45, 2.75) is 13.0 Å². The van der Waals surface area contributed by atoms with Gasteiger partial charge in [-0.1, -0.05) is 60.7 Å². The molecule has 24 heavy (non-hydrogen) atoms. The van der Waals surface area contributed by atoms with Crippen LogP contribution in [0.2, 0.25) is 0 Å². The van der Waals surface area contributed by atoms with Gasteiger partial charge in [-0.25, -0.2) is 4.79 Å².